The summed E-state index contributed by atoms with van der Waals surface area (Å²) >= 11 is 1.39. The standard InChI is InChI=1S/C16H18FN3O2S/c1-10(2)20(16(22)14-9-23-11(3)18-14)8-15(21)19-13-6-4-12(17)5-7-13/h4-7,9-10H,8H2,1-3H3,(H,19,21). The number of carbonyl (C=O) groups is 2. The molecule has 0 unspecified atom stereocenters. The summed E-state index contributed by atoms with van der Waals surface area (Å²) in [6.45, 7) is 5.40. The van der Waals surface area contributed by atoms with Crippen molar-refractivity contribution in [3.8, 4) is 0 Å². The molecule has 0 radical (unpaired) electrons. The van der Waals surface area contributed by atoms with Crippen molar-refractivity contribution < 1.29 is 14.0 Å². The van der Waals surface area contributed by atoms with Gasteiger partial charge < -0.3 is 10.2 Å². The first-order valence-corrected chi connectivity index (χ1v) is 8.03. The van der Waals surface area contributed by atoms with Crippen LogP contribution in [0.1, 0.15) is 29.3 Å². The molecule has 122 valence electrons. The maximum absolute atomic E-state index is 12.9. The summed E-state index contributed by atoms with van der Waals surface area (Å²) in [5, 5.41) is 5.13. The molecular formula is C16H18FN3O2S. The highest BCUT2D eigenvalue weighted by atomic mass is 32.1. The van der Waals surface area contributed by atoms with E-state index in [1.807, 2.05) is 20.8 Å². The average Bonchev–Trinajstić information content (AvgIpc) is 2.93. The molecule has 5 nitrogen and oxygen atoms in total. The van der Waals surface area contributed by atoms with Gasteiger partial charge in [0.25, 0.3) is 5.91 Å². The molecule has 23 heavy (non-hydrogen) atoms. The average molecular weight is 335 g/mol. The number of thiazole rings is 1. The van der Waals surface area contributed by atoms with Gasteiger partial charge >= 0.3 is 0 Å². The predicted molar refractivity (Wildman–Crippen MR) is 88.1 cm³/mol. The molecule has 2 amide bonds. The van der Waals surface area contributed by atoms with Crippen LogP contribution in [0.3, 0.4) is 0 Å². The number of hydrogen-bond acceptors (Lipinski definition) is 4. The Hall–Kier alpha value is -2.28. The van der Waals surface area contributed by atoms with E-state index >= 15 is 0 Å². The molecule has 1 aromatic heterocycles. The van der Waals surface area contributed by atoms with Crippen LogP contribution in [0.2, 0.25) is 0 Å². The number of rotatable bonds is 5. The maximum atomic E-state index is 12.9. The second-order valence-electron chi connectivity index (χ2n) is 5.33. The minimum atomic E-state index is -0.374. The van der Waals surface area contributed by atoms with Crippen LogP contribution in [0.15, 0.2) is 29.6 Å². The van der Waals surface area contributed by atoms with E-state index in [1.54, 1.807) is 5.38 Å². The van der Waals surface area contributed by atoms with E-state index in [4.69, 9.17) is 0 Å². The van der Waals surface area contributed by atoms with Gasteiger partial charge in [-0.1, -0.05) is 0 Å². The SMILES string of the molecule is Cc1nc(C(=O)N(CC(=O)Nc2ccc(F)cc2)C(C)C)cs1. The van der Waals surface area contributed by atoms with E-state index < -0.39 is 0 Å². The van der Waals surface area contributed by atoms with Crippen LogP contribution in [-0.4, -0.2) is 34.3 Å². The molecule has 0 aliphatic heterocycles. The summed E-state index contributed by atoms with van der Waals surface area (Å²) in [7, 11) is 0. The van der Waals surface area contributed by atoms with E-state index in [9.17, 15) is 14.0 Å². The van der Waals surface area contributed by atoms with Crippen molar-refractivity contribution in [1.29, 1.82) is 0 Å². The van der Waals surface area contributed by atoms with E-state index in [0.29, 0.717) is 11.4 Å². The van der Waals surface area contributed by atoms with E-state index in [0.717, 1.165) is 5.01 Å². The van der Waals surface area contributed by atoms with Gasteiger partial charge in [0.05, 0.1) is 5.01 Å². The van der Waals surface area contributed by atoms with Crippen LogP contribution in [0.4, 0.5) is 10.1 Å². The van der Waals surface area contributed by atoms with Crippen LogP contribution in [-0.2, 0) is 4.79 Å². The van der Waals surface area contributed by atoms with E-state index in [2.05, 4.69) is 10.3 Å². The van der Waals surface area contributed by atoms with Gasteiger partial charge in [-0.05, 0) is 45.0 Å². The second kappa shape index (κ2) is 7.32. The summed E-state index contributed by atoms with van der Waals surface area (Å²) < 4.78 is 12.9. The van der Waals surface area contributed by atoms with E-state index in [-0.39, 0.29) is 30.2 Å². The van der Waals surface area contributed by atoms with Gasteiger partial charge in [0.2, 0.25) is 5.91 Å². The smallest absolute Gasteiger partial charge is 0.274 e. The number of nitrogens with zero attached hydrogens (tertiary/aromatic N) is 2. The lowest BCUT2D eigenvalue weighted by atomic mass is 10.2. The Morgan fingerprint density at radius 1 is 1.30 bits per heavy atom. The molecule has 0 saturated heterocycles. The summed E-state index contributed by atoms with van der Waals surface area (Å²) in [6, 6.07) is 5.32. The van der Waals surface area contributed by atoms with Gasteiger partial charge in [-0.3, -0.25) is 9.59 Å². The number of anilines is 1. The number of benzene rings is 1. The lowest BCUT2D eigenvalue weighted by Gasteiger charge is -2.25. The second-order valence-corrected chi connectivity index (χ2v) is 6.40. The van der Waals surface area contributed by atoms with Crippen molar-refractivity contribution in [3.05, 3.63) is 46.2 Å². The predicted octanol–water partition coefficient (Wildman–Crippen LogP) is 3.08. The Bertz CT molecular complexity index is 698. The Labute approximate surface area is 138 Å². The summed E-state index contributed by atoms with van der Waals surface area (Å²) in [5.74, 6) is -0.995. The summed E-state index contributed by atoms with van der Waals surface area (Å²) in [4.78, 5) is 30.2. The molecular weight excluding hydrogens is 317 g/mol. The molecule has 0 saturated carbocycles. The molecule has 7 heteroatoms. The highest BCUT2D eigenvalue weighted by molar-refractivity contribution is 7.09. The van der Waals surface area contributed by atoms with Gasteiger partial charge in [0.15, 0.2) is 0 Å². The van der Waals surface area contributed by atoms with Crippen LogP contribution in [0.25, 0.3) is 0 Å². The molecule has 0 aliphatic carbocycles. The topological polar surface area (TPSA) is 62.3 Å². The largest absolute Gasteiger partial charge is 0.326 e. The first-order chi connectivity index (χ1) is 10.9. The molecule has 1 heterocycles. The first-order valence-electron chi connectivity index (χ1n) is 7.15. The lowest BCUT2D eigenvalue weighted by molar-refractivity contribution is -0.117. The number of carbonyl (C=O) groups excluding carboxylic acids is 2. The molecule has 0 fully saturated rings. The highest BCUT2D eigenvalue weighted by Gasteiger charge is 2.23. The fourth-order valence-electron chi connectivity index (χ4n) is 1.99. The number of halogens is 1. The molecule has 0 spiro atoms. The molecule has 0 atom stereocenters. The number of nitrogens with one attached hydrogen (secondary N) is 1. The lowest BCUT2D eigenvalue weighted by Crippen LogP contribution is -2.42. The monoisotopic (exact) mass is 335 g/mol. The fraction of sp³-hybridized carbons (Fsp3) is 0.312. The normalized spacial score (nSPS) is 10.7. The zero-order valence-electron chi connectivity index (χ0n) is 13.2. The van der Waals surface area contributed by atoms with Crippen molar-refractivity contribution in [2.45, 2.75) is 26.8 Å². The van der Waals surface area contributed by atoms with Gasteiger partial charge in [0, 0.05) is 17.1 Å². The quantitative estimate of drug-likeness (QED) is 0.913. The maximum Gasteiger partial charge on any atom is 0.274 e. The van der Waals surface area contributed by atoms with Crippen molar-refractivity contribution in [2.75, 3.05) is 11.9 Å². The molecule has 0 bridgehead atoms. The Morgan fingerprint density at radius 2 is 1.96 bits per heavy atom. The van der Waals surface area contributed by atoms with E-state index in [1.165, 1.54) is 40.5 Å². The third kappa shape index (κ3) is 4.59. The highest BCUT2D eigenvalue weighted by Crippen LogP contribution is 2.13. The third-order valence-corrected chi connectivity index (χ3v) is 3.94. The molecule has 2 rings (SSSR count). The van der Waals surface area contributed by atoms with Gasteiger partial charge in [0.1, 0.15) is 18.1 Å². The van der Waals surface area contributed by atoms with Gasteiger partial charge in [-0.2, -0.15) is 0 Å². The zero-order valence-corrected chi connectivity index (χ0v) is 14.0. The Morgan fingerprint density at radius 3 is 2.48 bits per heavy atom. The summed E-state index contributed by atoms with van der Waals surface area (Å²) in [6.07, 6.45) is 0. The molecule has 1 N–H and O–H groups in total. The van der Waals surface area contributed by atoms with Crippen molar-refractivity contribution in [1.82, 2.24) is 9.88 Å². The van der Waals surface area contributed by atoms with Crippen LogP contribution < -0.4 is 5.32 Å². The third-order valence-electron chi connectivity index (χ3n) is 3.16. The number of hydrogen-bond donors (Lipinski definition) is 1. The molecule has 0 aliphatic rings. The fourth-order valence-corrected chi connectivity index (χ4v) is 2.57. The minimum Gasteiger partial charge on any atom is -0.326 e. The Balaban J connectivity index is 2.05. The van der Waals surface area contributed by atoms with Crippen molar-refractivity contribution in [3.63, 3.8) is 0 Å². The Kier molecular flexibility index (Phi) is 5.44. The number of aryl methyl sites for hydroxylation is 1. The van der Waals surface area contributed by atoms with Crippen LogP contribution in [0.5, 0.6) is 0 Å². The minimum absolute atomic E-state index is 0.0928. The van der Waals surface area contributed by atoms with Gasteiger partial charge in [-0.25, -0.2) is 9.37 Å². The number of amides is 2. The molecule has 2 aromatic rings. The summed E-state index contributed by atoms with van der Waals surface area (Å²) in [5.41, 5.74) is 0.827. The molecule has 1 aromatic carbocycles. The van der Waals surface area contributed by atoms with Crippen LogP contribution >= 0.6 is 11.3 Å². The zero-order chi connectivity index (χ0) is 17.0. The number of aromatic nitrogens is 1. The first kappa shape index (κ1) is 17.1. The van der Waals surface area contributed by atoms with Gasteiger partial charge in [-0.15, -0.1) is 11.3 Å². The van der Waals surface area contributed by atoms with Crippen molar-refractivity contribution >= 4 is 28.8 Å². The van der Waals surface area contributed by atoms with Crippen LogP contribution in [0, 0.1) is 12.7 Å². The van der Waals surface area contributed by atoms with Crippen molar-refractivity contribution in [2.24, 2.45) is 0 Å².